The van der Waals surface area contributed by atoms with Crippen molar-refractivity contribution in [1.82, 2.24) is 39.3 Å². The van der Waals surface area contributed by atoms with Crippen molar-refractivity contribution in [1.29, 1.82) is 10.5 Å². The maximum atomic E-state index is 12.7. The van der Waals surface area contributed by atoms with Gasteiger partial charge in [0, 0.05) is 75.6 Å². The van der Waals surface area contributed by atoms with E-state index in [1.54, 1.807) is 47.8 Å². The second-order valence-corrected chi connectivity index (χ2v) is 13.3. The van der Waals surface area contributed by atoms with Gasteiger partial charge in [-0.15, -0.1) is 0 Å². The quantitative estimate of drug-likeness (QED) is 0.152. The summed E-state index contributed by atoms with van der Waals surface area (Å²) in [5.74, 6) is 14.3. The number of pyridine rings is 2. The van der Waals surface area contributed by atoms with E-state index in [0.717, 1.165) is 54.6 Å². The van der Waals surface area contributed by atoms with E-state index < -0.39 is 0 Å². The van der Waals surface area contributed by atoms with E-state index >= 15 is 0 Å². The average molecular weight is 808 g/mol. The molecule has 6 heterocycles. The van der Waals surface area contributed by atoms with Crippen LogP contribution < -0.4 is 16.4 Å². The molecule has 0 atom stereocenters. The number of hydrogen-bond donors (Lipinski definition) is 1. The Morgan fingerprint density at radius 1 is 0.714 bits per heavy atom. The summed E-state index contributed by atoms with van der Waals surface area (Å²) in [6, 6.07) is 26.2. The third kappa shape index (κ3) is 9.60. The maximum absolute atomic E-state index is 12.7. The lowest BCUT2D eigenvalue weighted by atomic mass is 9.98. The van der Waals surface area contributed by atoms with E-state index in [-0.39, 0.29) is 24.5 Å². The zero-order chi connectivity index (χ0) is 38.7. The molecule has 0 saturated carbocycles. The van der Waals surface area contributed by atoms with Crippen LogP contribution in [0.3, 0.4) is 0 Å². The smallest absolute Gasteiger partial charge is 0.261 e. The Morgan fingerprint density at radius 2 is 1.20 bits per heavy atom. The highest BCUT2D eigenvalue weighted by molar-refractivity contribution is 9.09. The summed E-state index contributed by atoms with van der Waals surface area (Å²) >= 11 is 2.89. The predicted molar refractivity (Wildman–Crippen MR) is 221 cm³/mol. The summed E-state index contributed by atoms with van der Waals surface area (Å²) in [5.41, 5.74) is 4.32. The molecule has 0 radical (unpaired) electrons. The van der Waals surface area contributed by atoms with Gasteiger partial charge in [0.25, 0.3) is 11.1 Å². The number of alkyl halides is 1. The van der Waals surface area contributed by atoms with Crippen LogP contribution in [0.4, 0.5) is 0 Å². The lowest BCUT2D eigenvalue weighted by molar-refractivity contribution is 0.161. The van der Waals surface area contributed by atoms with Gasteiger partial charge in [-0.2, -0.15) is 10.5 Å². The van der Waals surface area contributed by atoms with Crippen molar-refractivity contribution in [2.75, 3.05) is 38.1 Å². The first kappa shape index (κ1) is 40.7. The van der Waals surface area contributed by atoms with Gasteiger partial charge in [-0.05, 0) is 72.5 Å². The number of nitrogens with zero attached hydrogens (tertiary/aromatic N) is 9. The van der Waals surface area contributed by atoms with Gasteiger partial charge in [-0.3, -0.25) is 23.6 Å². The molecule has 0 amide bonds. The molecule has 0 unspecified atom stereocenters. The number of hydrogen-bond acceptors (Lipinski definition) is 10. The second-order valence-electron chi connectivity index (χ2n) is 12.8. The van der Waals surface area contributed by atoms with E-state index in [1.165, 1.54) is 0 Å². The minimum absolute atomic E-state index is 0. The van der Waals surface area contributed by atoms with Gasteiger partial charge < -0.3 is 5.32 Å². The van der Waals surface area contributed by atoms with Crippen molar-refractivity contribution in [3.8, 4) is 35.8 Å². The van der Waals surface area contributed by atoms with Gasteiger partial charge >= 0.3 is 0 Å². The van der Waals surface area contributed by atoms with Gasteiger partial charge in [0.15, 0.2) is 0 Å². The normalized spacial score (nSPS) is 13.2. The molecule has 1 N–H and O–H groups in total. The Balaban J connectivity index is 0.000000194. The number of halogens is 1. The second kappa shape index (κ2) is 19.2. The molecule has 2 aromatic carbocycles. The number of benzene rings is 2. The standard InChI is InChI=1S/C21H17N5O.C19H16N4O.C2H2BrN.CH4/c1-25-20(16-13-26(14-16)11-9-22)24-19-12-15(6-8-18(19)21(25)27)5-7-17-4-2-3-10-23-17;1-23-18(14-11-20-12-14)22-17-10-13(6-8-16(17)19(23)24)5-7-15-4-2-3-9-21-15;3-1-2-4;/h2-4,6,8,10,12,16H,11,13-14H2,1H3;2-4,6,8-10,14,20H,11-12H2,1H3;1H2;1H4. The summed E-state index contributed by atoms with van der Waals surface area (Å²) in [6.45, 7) is 3.64. The van der Waals surface area contributed by atoms with Crippen LogP contribution in [-0.2, 0) is 14.1 Å². The highest BCUT2D eigenvalue weighted by Gasteiger charge is 2.31. The summed E-state index contributed by atoms with van der Waals surface area (Å²) < 4.78 is 3.28. The Bertz CT molecular complexity index is 2670. The molecular formula is C43H39BrN10O2. The fraction of sp³-hybridized carbons (Fsp3) is 0.256. The molecule has 8 rings (SSSR count). The third-order valence-corrected chi connectivity index (χ3v) is 9.30. The molecule has 6 aromatic rings. The summed E-state index contributed by atoms with van der Waals surface area (Å²) in [4.78, 5) is 45.1. The summed E-state index contributed by atoms with van der Waals surface area (Å²) in [6.07, 6.45) is 3.42. The highest BCUT2D eigenvalue weighted by Crippen LogP contribution is 2.25. The molecule has 0 bridgehead atoms. The number of aromatic nitrogens is 6. The van der Waals surface area contributed by atoms with Crippen molar-refractivity contribution in [3.05, 3.63) is 140 Å². The van der Waals surface area contributed by atoms with Gasteiger partial charge in [0.1, 0.15) is 23.0 Å². The first-order valence-electron chi connectivity index (χ1n) is 17.4. The van der Waals surface area contributed by atoms with Gasteiger partial charge in [-0.25, -0.2) is 19.9 Å². The molecule has 0 aliphatic carbocycles. The molecular weight excluding hydrogens is 768 g/mol. The SMILES string of the molecule is C.Cn1c(C2CN(CC#N)C2)nc2cc(C#Cc3ccccn3)ccc2c1=O.Cn1c(C2CNC2)nc2cc(C#Cc3ccccn3)ccc2c1=O.N#CCBr. The van der Waals surface area contributed by atoms with Crippen LogP contribution in [0.15, 0.2) is 94.8 Å². The van der Waals surface area contributed by atoms with Gasteiger partial charge in [0.2, 0.25) is 0 Å². The van der Waals surface area contributed by atoms with Crippen molar-refractivity contribution >= 4 is 37.7 Å². The fourth-order valence-corrected chi connectivity index (χ4v) is 6.04. The molecule has 4 aromatic heterocycles. The molecule has 2 saturated heterocycles. The first-order chi connectivity index (χ1) is 26.8. The van der Waals surface area contributed by atoms with Crippen LogP contribution in [-0.4, -0.2) is 72.0 Å². The Morgan fingerprint density at radius 3 is 1.59 bits per heavy atom. The Labute approximate surface area is 333 Å². The molecule has 0 spiro atoms. The molecule has 12 nitrogen and oxygen atoms in total. The molecule has 56 heavy (non-hydrogen) atoms. The van der Waals surface area contributed by atoms with E-state index in [4.69, 9.17) is 20.5 Å². The number of fused-ring (bicyclic) bond motifs is 2. The van der Waals surface area contributed by atoms with Crippen LogP contribution in [0.2, 0.25) is 0 Å². The average Bonchev–Trinajstić information content (AvgIpc) is 3.18. The number of likely N-dealkylation sites (tertiary alicyclic amines) is 1. The largest absolute Gasteiger partial charge is 0.315 e. The van der Waals surface area contributed by atoms with E-state index in [1.807, 2.05) is 71.6 Å². The zero-order valence-electron chi connectivity index (χ0n) is 30.2. The van der Waals surface area contributed by atoms with E-state index in [0.29, 0.717) is 45.3 Å². The lowest BCUT2D eigenvalue weighted by Gasteiger charge is -2.37. The zero-order valence-corrected chi connectivity index (χ0v) is 31.8. The van der Waals surface area contributed by atoms with Gasteiger partial charge in [-0.1, -0.05) is 47.3 Å². The number of rotatable bonds is 3. The minimum Gasteiger partial charge on any atom is -0.315 e. The molecule has 13 heteroatoms. The molecule has 2 fully saturated rings. The van der Waals surface area contributed by atoms with Crippen molar-refractivity contribution in [2.45, 2.75) is 19.3 Å². The first-order valence-corrected chi connectivity index (χ1v) is 18.5. The monoisotopic (exact) mass is 806 g/mol. The van der Waals surface area contributed by atoms with Crippen molar-refractivity contribution in [3.63, 3.8) is 0 Å². The number of nitrogens with one attached hydrogen (secondary N) is 1. The predicted octanol–water partition coefficient (Wildman–Crippen LogP) is 4.61. The van der Waals surface area contributed by atoms with Crippen LogP contribution in [0.1, 0.15) is 53.4 Å². The van der Waals surface area contributed by atoms with Crippen LogP contribution in [0.25, 0.3) is 21.8 Å². The van der Waals surface area contributed by atoms with Crippen molar-refractivity contribution < 1.29 is 0 Å². The minimum atomic E-state index is -0.0574. The molecule has 280 valence electrons. The third-order valence-electron chi connectivity index (χ3n) is 9.05. The van der Waals surface area contributed by atoms with E-state index in [9.17, 15) is 9.59 Å². The van der Waals surface area contributed by atoms with E-state index in [2.05, 4.69) is 61.0 Å². The van der Waals surface area contributed by atoms with Gasteiger partial charge in [0.05, 0.1) is 45.8 Å². The molecule has 2 aliphatic heterocycles. The topological polar surface area (TPSA) is 158 Å². The molecule has 2 aliphatic rings. The number of nitriles is 2. The van der Waals surface area contributed by atoms with Crippen molar-refractivity contribution in [2.24, 2.45) is 14.1 Å². The summed E-state index contributed by atoms with van der Waals surface area (Å²) in [5, 5.41) is 21.2. The van der Waals surface area contributed by atoms with Crippen LogP contribution >= 0.6 is 15.9 Å². The lowest BCUT2D eigenvalue weighted by Crippen LogP contribution is -2.47. The van der Waals surface area contributed by atoms with Crippen LogP contribution in [0.5, 0.6) is 0 Å². The highest BCUT2D eigenvalue weighted by atomic mass is 79.9. The summed E-state index contributed by atoms with van der Waals surface area (Å²) in [7, 11) is 3.54. The van der Waals surface area contributed by atoms with Crippen LogP contribution in [0, 0.1) is 46.3 Å². The fourth-order valence-electron chi connectivity index (χ4n) is 6.04. The Kier molecular flexibility index (Phi) is 14.0. The Hall–Kier alpha value is -6.48. The maximum Gasteiger partial charge on any atom is 0.261 e.